The number of para-hydroxylation sites is 1. The van der Waals surface area contributed by atoms with Crippen molar-refractivity contribution in [3.05, 3.63) is 131 Å². The first-order valence-electron chi connectivity index (χ1n) is 13.5. The molecule has 0 saturated carbocycles. The van der Waals surface area contributed by atoms with Gasteiger partial charge in [0.05, 0.1) is 23.6 Å². The van der Waals surface area contributed by atoms with Crippen LogP contribution in [0.2, 0.25) is 5.02 Å². The number of anilines is 2. The molecule has 0 radical (unpaired) electrons. The van der Waals surface area contributed by atoms with Crippen LogP contribution in [-0.2, 0) is 14.4 Å². The molecular weight excluding hydrogens is 552 g/mol. The highest BCUT2D eigenvalue weighted by Gasteiger charge is 2.65. The van der Waals surface area contributed by atoms with Crippen molar-refractivity contribution in [3.63, 3.8) is 0 Å². The molecule has 0 unspecified atom stereocenters. The smallest absolute Gasteiger partial charge is 0.335 e. The summed E-state index contributed by atoms with van der Waals surface area (Å²) in [5.41, 5.74) is 3.04. The van der Waals surface area contributed by atoms with E-state index in [1.165, 1.54) is 0 Å². The minimum absolute atomic E-state index is 0.149. The van der Waals surface area contributed by atoms with Crippen molar-refractivity contribution in [1.29, 1.82) is 0 Å². The van der Waals surface area contributed by atoms with Crippen LogP contribution in [0.3, 0.4) is 0 Å². The second-order valence-corrected chi connectivity index (χ2v) is 10.9. The summed E-state index contributed by atoms with van der Waals surface area (Å²) in [5.74, 6) is -3.13. The number of fused-ring (bicyclic) bond motifs is 5. The van der Waals surface area contributed by atoms with E-state index < -0.39 is 35.8 Å². The van der Waals surface area contributed by atoms with E-state index in [0.717, 1.165) is 16.2 Å². The van der Waals surface area contributed by atoms with Crippen LogP contribution < -0.4 is 14.5 Å². The number of esters is 1. The van der Waals surface area contributed by atoms with Gasteiger partial charge in [-0.3, -0.25) is 14.4 Å². The normalized spacial score (nSPS) is 22.0. The number of ether oxygens (including phenoxy) is 1. The molecule has 8 heteroatoms. The molecule has 206 valence electrons. The van der Waals surface area contributed by atoms with Gasteiger partial charge >= 0.3 is 5.97 Å². The maximum absolute atomic E-state index is 13.9. The molecule has 4 aromatic rings. The van der Waals surface area contributed by atoms with Crippen LogP contribution in [0.25, 0.3) is 6.08 Å². The fourth-order valence-electron chi connectivity index (χ4n) is 6.24. The van der Waals surface area contributed by atoms with Gasteiger partial charge in [0.25, 0.3) is 0 Å². The Labute approximate surface area is 246 Å². The van der Waals surface area contributed by atoms with Crippen LogP contribution in [0, 0.1) is 11.8 Å². The number of carbonyl (C=O) groups is 4. The average molecular weight is 575 g/mol. The number of rotatable bonds is 5. The van der Waals surface area contributed by atoms with Gasteiger partial charge in [0, 0.05) is 21.8 Å². The van der Waals surface area contributed by atoms with E-state index in [-0.39, 0.29) is 17.4 Å². The van der Waals surface area contributed by atoms with E-state index >= 15 is 0 Å². The van der Waals surface area contributed by atoms with Crippen molar-refractivity contribution in [2.24, 2.45) is 11.8 Å². The molecule has 0 aliphatic carbocycles. The highest BCUT2D eigenvalue weighted by Crippen LogP contribution is 2.49. The van der Waals surface area contributed by atoms with Crippen LogP contribution in [0.5, 0.6) is 5.75 Å². The van der Waals surface area contributed by atoms with E-state index in [2.05, 4.69) is 0 Å². The van der Waals surface area contributed by atoms with Gasteiger partial charge in [-0.2, -0.15) is 0 Å². The third kappa shape index (κ3) is 4.13. The summed E-state index contributed by atoms with van der Waals surface area (Å²) in [5, 5.41) is 0.481. The number of ketones is 1. The van der Waals surface area contributed by atoms with Crippen LogP contribution in [0.15, 0.2) is 109 Å². The summed E-state index contributed by atoms with van der Waals surface area (Å²) in [6.07, 6.45) is 3.81. The Morgan fingerprint density at radius 2 is 1.36 bits per heavy atom. The van der Waals surface area contributed by atoms with E-state index in [1.807, 2.05) is 47.4 Å². The summed E-state index contributed by atoms with van der Waals surface area (Å²) in [7, 11) is 0. The van der Waals surface area contributed by atoms with Gasteiger partial charge < -0.3 is 9.64 Å². The molecule has 0 bridgehead atoms. The standard InChI is InChI=1S/C34H23ClN2O5/c35-23-13-15-24(16-14-23)36-32(39)28-27-19-12-20-6-4-5-9-26(20)37(27)30(29(28)33(36)40)34(41)42-25-17-10-22(11-18-25)31(38)21-7-2-1-3-8-21/h1-19,27-30H/t27-,28-,29-,30+/m1/s1. The Bertz CT molecular complexity index is 1770. The molecular formula is C34H23ClN2O5. The lowest BCUT2D eigenvalue weighted by molar-refractivity contribution is -0.139. The highest BCUT2D eigenvalue weighted by atomic mass is 35.5. The predicted octanol–water partition coefficient (Wildman–Crippen LogP) is 5.57. The quantitative estimate of drug-likeness (QED) is 0.134. The van der Waals surface area contributed by atoms with Gasteiger partial charge in [-0.1, -0.05) is 72.3 Å². The molecule has 0 aromatic heterocycles. The van der Waals surface area contributed by atoms with Crippen molar-refractivity contribution in [2.75, 3.05) is 9.80 Å². The van der Waals surface area contributed by atoms with Gasteiger partial charge in [0.1, 0.15) is 11.8 Å². The molecule has 0 spiro atoms. The van der Waals surface area contributed by atoms with Crippen molar-refractivity contribution in [2.45, 2.75) is 12.1 Å². The first-order valence-corrected chi connectivity index (χ1v) is 13.9. The number of amides is 2. The maximum atomic E-state index is 13.9. The third-order valence-electron chi connectivity index (χ3n) is 8.11. The van der Waals surface area contributed by atoms with Crippen molar-refractivity contribution < 1.29 is 23.9 Å². The monoisotopic (exact) mass is 574 g/mol. The van der Waals surface area contributed by atoms with Gasteiger partial charge in [0.15, 0.2) is 5.78 Å². The Morgan fingerprint density at radius 3 is 2.10 bits per heavy atom. The number of benzene rings is 4. The lowest BCUT2D eigenvalue weighted by Gasteiger charge is -2.36. The van der Waals surface area contributed by atoms with Gasteiger partial charge in [-0.25, -0.2) is 9.69 Å². The molecule has 4 aromatic carbocycles. The fraction of sp³-hybridized carbons (Fsp3) is 0.118. The van der Waals surface area contributed by atoms with E-state index in [9.17, 15) is 19.2 Å². The zero-order valence-electron chi connectivity index (χ0n) is 22.1. The minimum Gasteiger partial charge on any atom is -0.425 e. The number of imide groups is 1. The Morgan fingerprint density at radius 1 is 0.714 bits per heavy atom. The average Bonchev–Trinajstić information content (AvgIpc) is 3.50. The van der Waals surface area contributed by atoms with Crippen LogP contribution in [0.4, 0.5) is 11.4 Å². The predicted molar refractivity (Wildman–Crippen MR) is 158 cm³/mol. The second kappa shape index (κ2) is 10.1. The summed E-state index contributed by atoms with van der Waals surface area (Å²) in [4.78, 5) is 57.5. The number of carbonyl (C=O) groups excluding carboxylic acids is 4. The maximum Gasteiger partial charge on any atom is 0.335 e. The van der Waals surface area contributed by atoms with Crippen LogP contribution in [0.1, 0.15) is 21.5 Å². The topological polar surface area (TPSA) is 84.0 Å². The molecule has 42 heavy (non-hydrogen) atoms. The SMILES string of the molecule is O=C(c1ccccc1)c1ccc(OC(=O)[C@@H]2[C@@H]3C(=O)N(c4ccc(Cl)cc4)C(=O)[C@@H]3[C@H]3C=Cc4ccccc4N32)cc1. The van der Waals surface area contributed by atoms with Gasteiger partial charge in [-0.05, 0) is 60.2 Å². The molecule has 2 saturated heterocycles. The lowest BCUT2D eigenvalue weighted by Crippen LogP contribution is -2.50. The fourth-order valence-corrected chi connectivity index (χ4v) is 6.36. The Hall–Kier alpha value is -5.01. The molecule has 3 heterocycles. The molecule has 2 amide bonds. The number of hydrogen-bond donors (Lipinski definition) is 0. The van der Waals surface area contributed by atoms with Gasteiger partial charge in [-0.15, -0.1) is 0 Å². The third-order valence-corrected chi connectivity index (χ3v) is 8.36. The summed E-state index contributed by atoms with van der Waals surface area (Å²) in [6, 6.07) is 27.7. The molecule has 4 atom stereocenters. The van der Waals surface area contributed by atoms with Crippen molar-refractivity contribution in [1.82, 2.24) is 0 Å². The van der Waals surface area contributed by atoms with Crippen LogP contribution >= 0.6 is 11.6 Å². The molecule has 7 rings (SSSR count). The lowest BCUT2D eigenvalue weighted by atomic mass is 9.89. The minimum atomic E-state index is -1.05. The van der Waals surface area contributed by atoms with E-state index in [1.54, 1.807) is 72.8 Å². The zero-order chi connectivity index (χ0) is 29.0. The number of hydrogen-bond acceptors (Lipinski definition) is 6. The van der Waals surface area contributed by atoms with Crippen molar-refractivity contribution >= 4 is 52.6 Å². The Balaban J connectivity index is 1.22. The summed E-state index contributed by atoms with van der Waals surface area (Å²) < 4.78 is 5.84. The molecule has 3 aliphatic heterocycles. The van der Waals surface area contributed by atoms with Gasteiger partial charge in [0.2, 0.25) is 11.8 Å². The Kier molecular flexibility index (Phi) is 6.25. The van der Waals surface area contributed by atoms with E-state index in [0.29, 0.717) is 21.8 Å². The molecule has 3 aliphatic rings. The highest BCUT2D eigenvalue weighted by molar-refractivity contribution is 6.31. The van der Waals surface area contributed by atoms with Crippen LogP contribution in [-0.4, -0.2) is 35.7 Å². The zero-order valence-corrected chi connectivity index (χ0v) is 22.8. The largest absolute Gasteiger partial charge is 0.425 e. The van der Waals surface area contributed by atoms with Crippen molar-refractivity contribution in [3.8, 4) is 5.75 Å². The molecule has 0 N–H and O–H groups in total. The second-order valence-electron chi connectivity index (χ2n) is 10.4. The number of halogens is 1. The first-order chi connectivity index (χ1) is 20.4. The number of nitrogens with zero attached hydrogens (tertiary/aromatic N) is 2. The van der Waals surface area contributed by atoms with E-state index in [4.69, 9.17) is 16.3 Å². The first kappa shape index (κ1) is 25.9. The molecule has 7 nitrogen and oxygen atoms in total. The molecule has 2 fully saturated rings. The summed E-state index contributed by atoms with van der Waals surface area (Å²) in [6.45, 7) is 0. The summed E-state index contributed by atoms with van der Waals surface area (Å²) >= 11 is 6.04.